The lowest BCUT2D eigenvalue weighted by Gasteiger charge is -2.26. The number of methoxy groups -OCH3 is 1. The highest BCUT2D eigenvalue weighted by atomic mass is 19.4. The van der Waals surface area contributed by atoms with E-state index in [0.29, 0.717) is 46.9 Å². The van der Waals surface area contributed by atoms with Crippen molar-refractivity contribution in [3.05, 3.63) is 89.8 Å². The van der Waals surface area contributed by atoms with E-state index in [-0.39, 0.29) is 55.0 Å². The predicted molar refractivity (Wildman–Crippen MR) is 150 cm³/mol. The first-order valence-electron chi connectivity index (χ1n) is 13.5. The fourth-order valence-electron chi connectivity index (χ4n) is 4.98. The third-order valence-electron chi connectivity index (χ3n) is 7.48. The Morgan fingerprint density at radius 2 is 1.90 bits per heavy atom. The van der Waals surface area contributed by atoms with Crippen molar-refractivity contribution < 1.29 is 36.6 Å². The number of benzene rings is 2. The summed E-state index contributed by atoms with van der Waals surface area (Å²) in [6, 6.07) is 10.0. The smallest absolute Gasteiger partial charge is 0.401 e. The Hall–Kier alpha value is -4.18. The first kappa shape index (κ1) is 29.3. The summed E-state index contributed by atoms with van der Waals surface area (Å²) < 4.78 is 72.1. The SMILES string of the molecule is C=C1C=C(CCC(=O)Cc2ccc(-c3cnc4cc(OC)c(OCCN)cc4c3)cc2F)C=C(C2(C(F)(F)F)CC2)O1. The second-order valence-electron chi connectivity index (χ2n) is 10.5. The standard InChI is InChI=1S/C32H30F4N2O4/c1-19-11-20(12-30(42-19)31(7-8-31)32(34,35)36)3-6-25(39)14-22-5-4-21(15-26(22)33)24-13-23-16-29(41-10-9-37)28(40-2)17-27(23)38-18-24/h4-5,11-13,15-18H,1,3,6-10,14,37H2,2H3. The Balaban J connectivity index is 1.26. The van der Waals surface area contributed by atoms with Gasteiger partial charge in [0.05, 0.1) is 12.6 Å². The second-order valence-corrected chi connectivity index (χ2v) is 10.5. The molecule has 0 spiro atoms. The molecule has 6 nitrogen and oxygen atoms in total. The van der Waals surface area contributed by atoms with Crippen molar-refractivity contribution in [2.75, 3.05) is 20.3 Å². The average Bonchev–Trinajstić information content (AvgIpc) is 3.78. The van der Waals surface area contributed by atoms with Crippen LogP contribution in [0.25, 0.3) is 22.0 Å². The molecule has 220 valence electrons. The van der Waals surface area contributed by atoms with Gasteiger partial charge in [0.1, 0.15) is 35.1 Å². The topological polar surface area (TPSA) is 83.7 Å². The van der Waals surface area contributed by atoms with Gasteiger partial charge in [0.25, 0.3) is 0 Å². The molecule has 2 N–H and O–H groups in total. The highest BCUT2D eigenvalue weighted by Gasteiger charge is 2.67. The van der Waals surface area contributed by atoms with E-state index < -0.39 is 17.4 Å². The van der Waals surface area contributed by atoms with Crippen molar-refractivity contribution in [2.45, 2.75) is 38.3 Å². The highest BCUT2D eigenvalue weighted by molar-refractivity contribution is 5.87. The van der Waals surface area contributed by atoms with E-state index in [4.69, 9.17) is 19.9 Å². The van der Waals surface area contributed by atoms with Crippen molar-refractivity contribution in [1.82, 2.24) is 4.98 Å². The number of alkyl halides is 3. The molecule has 0 atom stereocenters. The zero-order valence-corrected chi connectivity index (χ0v) is 23.0. The minimum absolute atomic E-state index is 0.0364. The molecule has 1 fully saturated rings. The third-order valence-corrected chi connectivity index (χ3v) is 7.48. The van der Waals surface area contributed by atoms with Gasteiger partial charge in [-0.15, -0.1) is 0 Å². The lowest BCUT2D eigenvalue weighted by atomic mass is 9.95. The molecule has 1 aliphatic heterocycles. The van der Waals surface area contributed by atoms with Gasteiger partial charge < -0.3 is 19.9 Å². The summed E-state index contributed by atoms with van der Waals surface area (Å²) in [5, 5.41) is 0.769. The van der Waals surface area contributed by atoms with Crippen molar-refractivity contribution >= 4 is 16.7 Å². The number of nitrogens with zero attached hydrogens (tertiary/aromatic N) is 1. The molecule has 2 aromatic carbocycles. The molecule has 10 heteroatoms. The fraction of sp³-hybridized carbons (Fsp3) is 0.312. The third kappa shape index (κ3) is 6.04. The van der Waals surface area contributed by atoms with Crippen LogP contribution < -0.4 is 15.2 Å². The minimum atomic E-state index is -4.42. The van der Waals surface area contributed by atoms with Gasteiger partial charge in [0, 0.05) is 42.6 Å². The number of allylic oxidation sites excluding steroid dienone is 4. The van der Waals surface area contributed by atoms with Crippen LogP contribution in [0.4, 0.5) is 17.6 Å². The van der Waals surface area contributed by atoms with Gasteiger partial charge in [0.2, 0.25) is 0 Å². The summed E-state index contributed by atoms with van der Waals surface area (Å²) in [6.45, 7) is 4.32. The summed E-state index contributed by atoms with van der Waals surface area (Å²) in [5.74, 6) is 0.206. The summed E-state index contributed by atoms with van der Waals surface area (Å²) in [5.41, 5.74) is 6.27. The quantitative estimate of drug-likeness (QED) is 0.246. The molecular weight excluding hydrogens is 552 g/mol. The Bertz CT molecular complexity index is 1610. The predicted octanol–water partition coefficient (Wildman–Crippen LogP) is 6.98. The summed E-state index contributed by atoms with van der Waals surface area (Å²) in [4.78, 5) is 17.2. The number of halogens is 4. The number of fused-ring (bicyclic) bond motifs is 1. The lowest BCUT2D eigenvalue weighted by Crippen LogP contribution is -2.28. The van der Waals surface area contributed by atoms with Crippen LogP contribution in [0.15, 0.2) is 78.4 Å². The normalized spacial score (nSPS) is 16.0. The molecule has 1 aliphatic carbocycles. The lowest BCUT2D eigenvalue weighted by molar-refractivity contribution is -0.183. The molecule has 42 heavy (non-hydrogen) atoms. The van der Waals surface area contributed by atoms with Gasteiger partial charge in [-0.25, -0.2) is 4.39 Å². The Kier molecular flexibility index (Phi) is 8.10. The molecule has 0 amide bonds. The van der Waals surface area contributed by atoms with Crippen LogP contribution in [-0.2, 0) is 16.0 Å². The second kappa shape index (κ2) is 11.6. The number of carbonyl (C=O) groups is 1. The number of rotatable bonds is 11. The maximum absolute atomic E-state index is 15.1. The van der Waals surface area contributed by atoms with Gasteiger partial charge in [-0.2, -0.15) is 13.2 Å². The molecule has 0 unspecified atom stereocenters. The van der Waals surface area contributed by atoms with E-state index in [1.807, 2.05) is 6.07 Å². The van der Waals surface area contributed by atoms with Crippen LogP contribution in [-0.4, -0.2) is 37.2 Å². The van der Waals surface area contributed by atoms with E-state index in [9.17, 15) is 18.0 Å². The van der Waals surface area contributed by atoms with Gasteiger partial charge in [0.15, 0.2) is 11.5 Å². The van der Waals surface area contributed by atoms with Crippen LogP contribution in [0, 0.1) is 11.2 Å². The van der Waals surface area contributed by atoms with E-state index >= 15 is 4.39 Å². The summed E-state index contributed by atoms with van der Waals surface area (Å²) >= 11 is 0. The number of ether oxygens (including phenoxy) is 3. The molecule has 0 saturated heterocycles. The number of hydrogen-bond donors (Lipinski definition) is 1. The van der Waals surface area contributed by atoms with Crippen molar-refractivity contribution in [3.63, 3.8) is 0 Å². The Morgan fingerprint density at radius 3 is 2.57 bits per heavy atom. The number of hydrogen-bond acceptors (Lipinski definition) is 6. The molecule has 2 aliphatic rings. The van der Waals surface area contributed by atoms with Gasteiger partial charge >= 0.3 is 6.18 Å². The molecule has 0 bridgehead atoms. The van der Waals surface area contributed by atoms with E-state index in [1.54, 1.807) is 30.5 Å². The summed E-state index contributed by atoms with van der Waals surface area (Å²) in [7, 11) is 1.54. The number of pyridine rings is 1. The van der Waals surface area contributed by atoms with Crippen LogP contribution in [0.1, 0.15) is 31.2 Å². The van der Waals surface area contributed by atoms with Gasteiger partial charge in [-0.1, -0.05) is 18.7 Å². The molecule has 3 aromatic rings. The maximum Gasteiger partial charge on any atom is 0.401 e. The van der Waals surface area contributed by atoms with Crippen molar-refractivity contribution in [1.29, 1.82) is 0 Å². The first-order valence-corrected chi connectivity index (χ1v) is 13.5. The van der Waals surface area contributed by atoms with E-state index in [1.165, 1.54) is 25.3 Å². The number of carbonyl (C=O) groups excluding carboxylic acids is 1. The molecule has 5 rings (SSSR count). The van der Waals surface area contributed by atoms with E-state index in [2.05, 4.69) is 11.6 Å². The fourth-order valence-corrected chi connectivity index (χ4v) is 4.98. The van der Waals surface area contributed by atoms with Crippen LogP contribution >= 0.6 is 0 Å². The van der Waals surface area contributed by atoms with Gasteiger partial charge in [-0.3, -0.25) is 9.78 Å². The highest BCUT2D eigenvalue weighted by Crippen LogP contribution is 2.63. The zero-order valence-electron chi connectivity index (χ0n) is 23.0. The monoisotopic (exact) mass is 582 g/mol. The maximum atomic E-state index is 15.1. The van der Waals surface area contributed by atoms with Gasteiger partial charge in [-0.05, 0) is 66.3 Å². The van der Waals surface area contributed by atoms with Crippen LogP contribution in [0.3, 0.4) is 0 Å². The van der Waals surface area contributed by atoms with Crippen LogP contribution in [0.5, 0.6) is 11.5 Å². The zero-order chi connectivity index (χ0) is 30.1. The van der Waals surface area contributed by atoms with Crippen molar-refractivity contribution in [3.8, 4) is 22.6 Å². The minimum Gasteiger partial charge on any atom is -0.493 e. The number of aromatic nitrogens is 1. The molecule has 1 aromatic heterocycles. The number of nitrogens with two attached hydrogens (primary N) is 1. The summed E-state index contributed by atoms with van der Waals surface area (Å²) in [6.07, 6.45) is 0.119. The number of ketones is 1. The Morgan fingerprint density at radius 1 is 1.12 bits per heavy atom. The van der Waals surface area contributed by atoms with Crippen molar-refractivity contribution in [2.24, 2.45) is 11.1 Å². The molecule has 2 heterocycles. The number of Topliss-reactive ketones (excluding diaryl/α,β-unsaturated/α-hetero) is 1. The molecule has 1 saturated carbocycles. The largest absolute Gasteiger partial charge is 0.493 e. The molecular formula is C32H30F4N2O4. The Labute approximate surface area is 240 Å². The average molecular weight is 583 g/mol. The first-order chi connectivity index (χ1) is 20.0. The van der Waals surface area contributed by atoms with Crippen LogP contribution in [0.2, 0.25) is 0 Å². The van der Waals surface area contributed by atoms with E-state index in [0.717, 1.165) is 5.39 Å². The molecule has 0 radical (unpaired) electrons.